The highest BCUT2D eigenvalue weighted by molar-refractivity contribution is 7.17. The maximum atomic E-state index is 3.44. The monoisotopic (exact) mass is 217 g/mol. The van der Waals surface area contributed by atoms with Crippen molar-refractivity contribution >= 4 is 21.4 Å². The summed E-state index contributed by atoms with van der Waals surface area (Å²) in [6.07, 6.45) is 3.79. The van der Waals surface area contributed by atoms with Gasteiger partial charge in [0.15, 0.2) is 0 Å². The van der Waals surface area contributed by atoms with E-state index in [0.29, 0.717) is 6.04 Å². The molecule has 0 saturated carbocycles. The smallest absolute Gasteiger partial charge is 0.0348 e. The molecular weight excluding hydrogens is 202 g/mol. The predicted molar refractivity (Wildman–Crippen MR) is 66.6 cm³/mol. The Morgan fingerprint density at radius 3 is 3.20 bits per heavy atom. The van der Waals surface area contributed by atoms with Crippen molar-refractivity contribution in [1.29, 1.82) is 0 Å². The van der Waals surface area contributed by atoms with Crippen LogP contribution in [0.4, 0.5) is 0 Å². The molecule has 0 amide bonds. The van der Waals surface area contributed by atoms with Crippen LogP contribution in [0, 0.1) is 0 Å². The van der Waals surface area contributed by atoms with Crippen LogP contribution >= 0.6 is 11.3 Å². The molecule has 1 atom stereocenters. The molecule has 0 bridgehead atoms. The fourth-order valence-electron chi connectivity index (χ4n) is 2.61. The van der Waals surface area contributed by atoms with Crippen molar-refractivity contribution in [1.82, 2.24) is 5.32 Å². The third-order valence-corrected chi connectivity index (χ3v) is 4.34. The topological polar surface area (TPSA) is 12.0 Å². The van der Waals surface area contributed by atoms with E-state index in [1.165, 1.54) is 34.9 Å². The molecule has 1 aromatic carbocycles. The molecule has 1 N–H and O–H groups in total. The van der Waals surface area contributed by atoms with Gasteiger partial charge in [-0.05, 0) is 48.9 Å². The predicted octanol–water partition coefficient (Wildman–Crippen LogP) is 3.50. The zero-order valence-corrected chi connectivity index (χ0v) is 9.73. The summed E-state index contributed by atoms with van der Waals surface area (Å²) in [5, 5.41) is 7.30. The van der Waals surface area contributed by atoms with Crippen LogP contribution in [0.1, 0.15) is 30.0 Å². The first kappa shape index (κ1) is 9.37. The van der Waals surface area contributed by atoms with Gasteiger partial charge in [0.05, 0.1) is 0 Å². The van der Waals surface area contributed by atoms with Gasteiger partial charge in [0.25, 0.3) is 0 Å². The van der Waals surface area contributed by atoms with Crippen LogP contribution < -0.4 is 5.32 Å². The Kier molecular flexibility index (Phi) is 2.26. The second-order valence-electron chi connectivity index (χ2n) is 4.21. The van der Waals surface area contributed by atoms with Gasteiger partial charge in [-0.1, -0.05) is 12.1 Å². The lowest BCUT2D eigenvalue weighted by Crippen LogP contribution is -2.14. The zero-order valence-electron chi connectivity index (χ0n) is 8.92. The fourth-order valence-corrected chi connectivity index (χ4v) is 3.66. The second-order valence-corrected chi connectivity index (χ2v) is 5.13. The van der Waals surface area contributed by atoms with Crippen LogP contribution in [0.2, 0.25) is 0 Å². The van der Waals surface area contributed by atoms with Crippen LogP contribution in [-0.4, -0.2) is 7.05 Å². The first-order chi connectivity index (χ1) is 7.40. The summed E-state index contributed by atoms with van der Waals surface area (Å²) in [6.45, 7) is 0. The van der Waals surface area contributed by atoms with Crippen molar-refractivity contribution < 1.29 is 0 Å². The number of benzene rings is 1. The van der Waals surface area contributed by atoms with Gasteiger partial charge in [0.2, 0.25) is 0 Å². The van der Waals surface area contributed by atoms with Crippen LogP contribution in [0.15, 0.2) is 23.6 Å². The fraction of sp³-hybridized carbons (Fsp3) is 0.385. The molecule has 1 aliphatic rings. The lowest BCUT2D eigenvalue weighted by atomic mass is 10.0. The highest BCUT2D eigenvalue weighted by Gasteiger charge is 2.19. The molecule has 2 aromatic rings. The van der Waals surface area contributed by atoms with Crippen LogP contribution in [0.25, 0.3) is 10.1 Å². The lowest BCUT2D eigenvalue weighted by Gasteiger charge is -2.12. The molecule has 3 rings (SSSR count). The Balaban J connectivity index is 2.29. The lowest BCUT2D eigenvalue weighted by molar-refractivity contribution is 0.538. The van der Waals surface area contributed by atoms with Crippen molar-refractivity contribution in [3.8, 4) is 0 Å². The first-order valence-corrected chi connectivity index (χ1v) is 6.44. The normalized spacial score (nSPS) is 20.5. The van der Waals surface area contributed by atoms with Crippen molar-refractivity contribution in [2.24, 2.45) is 0 Å². The maximum absolute atomic E-state index is 3.44. The van der Waals surface area contributed by atoms with Crippen molar-refractivity contribution in [2.75, 3.05) is 7.05 Å². The Hall–Kier alpha value is -0.860. The first-order valence-electron chi connectivity index (χ1n) is 5.56. The summed E-state index contributed by atoms with van der Waals surface area (Å²) < 4.78 is 1.45. The molecule has 1 nitrogen and oxygen atoms in total. The molecule has 0 fully saturated rings. The minimum absolute atomic E-state index is 0.558. The Labute approximate surface area is 94.1 Å². The molecule has 0 aliphatic heterocycles. The van der Waals surface area contributed by atoms with Gasteiger partial charge >= 0.3 is 0 Å². The third-order valence-electron chi connectivity index (χ3n) is 3.38. The van der Waals surface area contributed by atoms with E-state index in [1.54, 1.807) is 5.56 Å². The Morgan fingerprint density at radius 2 is 2.33 bits per heavy atom. The molecule has 1 aliphatic carbocycles. The molecule has 15 heavy (non-hydrogen) atoms. The Morgan fingerprint density at radius 1 is 1.40 bits per heavy atom. The third kappa shape index (κ3) is 1.40. The molecule has 0 saturated heterocycles. The van der Waals surface area contributed by atoms with Gasteiger partial charge < -0.3 is 5.32 Å². The van der Waals surface area contributed by atoms with Crippen LogP contribution in [-0.2, 0) is 6.42 Å². The van der Waals surface area contributed by atoms with Gasteiger partial charge in [-0.25, -0.2) is 0 Å². The summed E-state index contributed by atoms with van der Waals surface area (Å²) in [7, 11) is 2.07. The van der Waals surface area contributed by atoms with E-state index in [9.17, 15) is 0 Å². The highest BCUT2D eigenvalue weighted by atomic mass is 32.1. The average molecular weight is 217 g/mol. The van der Waals surface area contributed by atoms with E-state index >= 15 is 0 Å². The number of nitrogens with one attached hydrogen (secondary N) is 1. The number of rotatable bonds is 1. The number of hydrogen-bond donors (Lipinski definition) is 1. The largest absolute Gasteiger partial charge is 0.313 e. The molecule has 0 spiro atoms. The SMILES string of the molecule is CNC1CCCc2cccc3scc1c23. The summed E-state index contributed by atoms with van der Waals surface area (Å²) in [5.74, 6) is 0. The zero-order chi connectivity index (χ0) is 10.3. The van der Waals surface area contributed by atoms with Gasteiger partial charge in [0.1, 0.15) is 0 Å². The van der Waals surface area contributed by atoms with E-state index in [0.717, 1.165) is 0 Å². The minimum atomic E-state index is 0.558. The summed E-state index contributed by atoms with van der Waals surface area (Å²) in [4.78, 5) is 0. The van der Waals surface area contributed by atoms with E-state index in [1.807, 2.05) is 11.3 Å². The summed E-state index contributed by atoms with van der Waals surface area (Å²) in [5.41, 5.74) is 3.06. The Bertz CT molecular complexity index is 486. The van der Waals surface area contributed by atoms with E-state index in [4.69, 9.17) is 0 Å². The van der Waals surface area contributed by atoms with Crippen molar-refractivity contribution in [2.45, 2.75) is 25.3 Å². The van der Waals surface area contributed by atoms with E-state index in [2.05, 4.69) is 35.9 Å². The number of aryl methyl sites for hydroxylation is 1. The van der Waals surface area contributed by atoms with E-state index < -0.39 is 0 Å². The van der Waals surface area contributed by atoms with Crippen molar-refractivity contribution in [3.63, 3.8) is 0 Å². The minimum Gasteiger partial charge on any atom is -0.313 e. The highest BCUT2D eigenvalue weighted by Crippen LogP contribution is 2.37. The standard InChI is InChI=1S/C13H15NS/c1-14-11-6-2-4-9-5-3-7-12-13(9)10(11)8-15-12/h3,5,7-8,11,14H,2,4,6H2,1H3. The average Bonchev–Trinajstić information content (AvgIpc) is 2.59. The van der Waals surface area contributed by atoms with Gasteiger partial charge in [-0.2, -0.15) is 0 Å². The van der Waals surface area contributed by atoms with Gasteiger partial charge in [-0.15, -0.1) is 11.3 Å². The number of thiophene rings is 1. The quantitative estimate of drug-likeness (QED) is 0.771. The van der Waals surface area contributed by atoms with Crippen LogP contribution in [0.3, 0.4) is 0 Å². The summed E-state index contributed by atoms with van der Waals surface area (Å²) >= 11 is 1.88. The summed E-state index contributed by atoms with van der Waals surface area (Å²) in [6, 6.07) is 7.28. The molecule has 78 valence electrons. The molecule has 1 unspecified atom stereocenters. The maximum Gasteiger partial charge on any atom is 0.0348 e. The van der Waals surface area contributed by atoms with Crippen molar-refractivity contribution in [3.05, 3.63) is 34.7 Å². The molecule has 2 heteroatoms. The van der Waals surface area contributed by atoms with Crippen LogP contribution in [0.5, 0.6) is 0 Å². The molecule has 1 aromatic heterocycles. The molecule has 1 heterocycles. The van der Waals surface area contributed by atoms with Gasteiger partial charge in [-0.3, -0.25) is 0 Å². The molecule has 0 radical (unpaired) electrons. The molecular formula is C13H15NS. The second kappa shape index (κ2) is 3.62. The van der Waals surface area contributed by atoms with E-state index in [-0.39, 0.29) is 0 Å². The number of hydrogen-bond acceptors (Lipinski definition) is 2. The van der Waals surface area contributed by atoms with Gasteiger partial charge in [0, 0.05) is 16.1 Å².